The number of carboxylic acids is 1. The minimum absolute atomic E-state index is 0.703. The lowest BCUT2D eigenvalue weighted by molar-refractivity contribution is -0.145. The van der Waals surface area contributed by atoms with Crippen molar-refractivity contribution in [2.45, 2.75) is 37.5 Å². The van der Waals surface area contributed by atoms with Gasteiger partial charge in [-0.2, -0.15) is 0 Å². The number of hydrogen-bond acceptors (Lipinski definition) is 2. The van der Waals surface area contributed by atoms with E-state index in [-0.39, 0.29) is 0 Å². The quantitative estimate of drug-likeness (QED) is 0.924. The number of nitrogens with zero attached hydrogens (tertiary/aromatic N) is 1. The van der Waals surface area contributed by atoms with Crippen molar-refractivity contribution < 1.29 is 9.90 Å². The van der Waals surface area contributed by atoms with Crippen LogP contribution >= 0.6 is 0 Å². The third-order valence-corrected chi connectivity index (χ3v) is 4.50. The van der Waals surface area contributed by atoms with Gasteiger partial charge in [0.2, 0.25) is 0 Å². The zero-order chi connectivity index (χ0) is 14.7. The number of aliphatic carboxylic acids is 1. The van der Waals surface area contributed by atoms with Gasteiger partial charge in [-0.3, -0.25) is 9.78 Å². The molecule has 1 aromatic carbocycles. The van der Waals surface area contributed by atoms with Crippen molar-refractivity contribution in [1.82, 2.24) is 4.98 Å². The highest BCUT2D eigenvalue weighted by Crippen LogP contribution is 2.43. The van der Waals surface area contributed by atoms with Gasteiger partial charge in [0, 0.05) is 11.8 Å². The Balaban J connectivity index is 2.15. The van der Waals surface area contributed by atoms with E-state index in [0.29, 0.717) is 12.8 Å². The molecule has 3 nitrogen and oxygen atoms in total. The number of hydrogen-bond donors (Lipinski definition) is 1. The van der Waals surface area contributed by atoms with Crippen LogP contribution in [0.5, 0.6) is 0 Å². The molecule has 1 N–H and O–H groups in total. The van der Waals surface area contributed by atoms with Crippen molar-refractivity contribution in [3.05, 3.63) is 54.2 Å². The summed E-state index contributed by atoms with van der Waals surface area (Å²) in [6.45, 7) is 0. The number of carbonyl (C=O) groups is 1. The first-order chi connectivity index (χ1) is 10.2. The summed E-state index contributed by atoms with van der Waals surface area (Å²) in [6.07, 6.45) is 6.26. The highest BCUT2D eigenvalue weighted by molar-refractivity contribution is 5.85. The number of pyridine rings is 1. The lowest BCUT2D eigenvalue weighted by Crippen LogP contribution is -2.38. The number of aromatic nitrogens is 1. The summed E-state index contributed by atoms with van der Waals surface area (Å²) >= 11 is 0. The fraction of sp³-hybridized carbons (Fsp3) is 0.333. The summed E-state index contributed by atoms with van der Waals surface area (Å²) in [6, 6.07) is 13.6. The minimum atomic E-state index is -0.758. The molecule has 0 bridgehead atoms. The van der Waals surface area contributed by atoms with Crippen LogP contribution in [0.1, 0.15) is 37.7 Å². The van der Waals surface area contributed by atoms with Gasteiger partial charge < -0.3 is 5.11 Å². The third kappa shape index (κ3) is 2.44. The predicted octanol–water partition coefficient (Wildman–Crippen LogP) is 4.04. The Labute approximate surface area is 124 Å². The first-order valence-electron chi connectivity index (χ1n) is 7.48. The van der Waals surface area contributed by atoms with Crippen LogP contribution in [0.4, 0.5) is 0 Å². The van der Waals surface area contributed by atoms with Gasteiger partial charge in [0.25, 0.3) is 0 Å². The molecule has 3 rings (SSSR count). The van der Waals surface area contributed by atoms with E-state index in [2.05, 4.69) is 4.98 Å². The molecular weight excluding hydrogens is 262 g/mol. The third-order valence-electron chi connectivity index (χ3n) is 4.50. The van der Waals surface area contributed by atoms with E-state index in [1.165, 1.54) is 0 Å². The van der Waals surface area contributed by atoms with Crippen LogP contribution < -0.4 is 0 Å². The first kappa shape index (κ1) is 13.8. The summed E-state index contributed by atoms with van der Waals surface area (Å²) in [5.74, 6) is -0.703. The van der Waals surface area contributed by atoms with Gasteiger partial charge in [0.05, 0.1) is 11.1 Å². The lowest BCUT2D eigenvalue weighted by Gasteiger charge is -2.35. The van der Waals surface area contributed by atoms with E-state index in [1.54, 1.807) is 6.20 Å². The first-order valence-corrected chi connectivity index (χ1v) is 7.48. The summed E-state index contributed by atoms with van der Waals surface area (Å²) in [7, 11) is 0. The second-order valence-electron chi connectivity index (χ2n) is 5.71. The van der Waals surface area contributed by atoms with Crippen molar-refractivity contribution in [2.24, 2.45) is 0 Å². The maximum atomic E-state index is 12.0. The van der Waals surface area contributed by atoms with Crippen LogP contribution in [0.3, 0.4) is 0 Å². The molecule has 0 amide bonds. The zero-order valence-corrected chi connectivity index (χ0v) is 12.0. The average molecular weight is 281 g/mol. The smallest absolute Gasteiger partial charge is 0.314 e. The van der Waals surface area contributed by atoms with Gasteiger partial charge in [-0.05, 0) is 30.5 Å². The molecule has 3 heteroatoms. The maximum absolute atomic E-state index is 12.0. The van der Waals surface area contributed by atoms with E-state index in [1.807, 2.05) is 42.5 Å². The topological polar surface area (TPSA) is 50.2 Å². The zero-order valence-electron chi connectivity index (χ0n) is 12.0. The van der Waals surface area contributed by atoms with Crippen molar-refractivity contribution in [3.63, 3.8) is 0 Å². The molecule has 0 saturated heterocycles. The number of rotatable bonds is 3. The molecule has 0 unspecified atom stereocenters. The Kier molecular flexibility index (Phi) is 3.74. The lowest BCUT2D eigenvalue weighted by atomic mass is 9.68. The number of carboxylic acid groups (broad SMARTS) is 1. The van der Waals surface area contributed by atoms with Crippen LogP contribution in [0.15, 0.2) is 48.7 Å². The molecule has 0 aliphatic heterocycles. The minimum Gasteiger partial charge on any atom is -0.481 e. The van der Waals surface area contributed by atoms with E-state index in [4.69, 9.17) is 0 Å². The van der Waals surface area contributed by atoms with E-state index < -0.39 is 11.4 Å². The molecule has 0 spiro atoms. The Morgan fingerprint density at radius 3 is 2.38 bits per heavy atom. The second-order valence-corrected chi connectivity index (χ2v) is 5.71. The van der Waals surface area contributed by atoms with Crippen molar-refractivity contribution >= 4 is 5.97 Å². The Morgan fingerprint density at radius 1 is 1.00 bits per heavy atom. The van der Waals surface area contributed by atoms with Gasteiger partial charge in [-0.15, -0.1) is 0 Å². The Bertz CT molecular complexity index is 631. The maximum Gasteiger partial charge on any atom is 0.314 e. The molecule has 1 aliphatic carbocycles. The van der Waals surface area contributed by atoms with Gasteiger partial charge in [0.15, 0.2) is 0 Å². The molecule has 2 aromatic rings. The van der Waals surface area contributed by atoms with Gasteiger partial charge in [0.1, 0.15) is 0 Å². The van der Waals surface area contributed by atoms with Gasteiger partial charge in [-0.25, -0.2) is 0 Å². The Hall–Kier alpha value is -2.16. The predicted molar refractivity (Wildman–Crippen MR) is 82.1 cm³/mol. The fourth-order valence-electron chi connectivity index (χ4n) is 3.40. The van der Waals surface area contributed by atoms with Crippen LogP contribution in [0.2, 0.25) is 0 Å². The second kappa shape index (κ2) is 5.68. The van der Waals surface area contributed by atoms with E-state index in [0.717, 1.165) is 36.1 Å². The SMILES string of the molecule is O=C(O)C1(c2ccccc2-c2ccccn2)CCCCC1. The molecule has 1 aliphatic rings. The van der Waals surface area contributed by atoms with Crippen LogP contribution in [0, 0.1) is 0 Å². The summed E-state index contributed by atoms with van der Waals surface area (Å²) in [5, 5.41) is 9.89. The van der Waals surface area contributed by atoms with Gasteiger partial charge >= 0.3 is 5.97 Å². The monoisotopic (exact) mass is 281 g/mol. The highest BCUT2D eigenvalue weighted by atomic mass is 16.4. The van der Waals surface area contributed by atoms with Crippen molar-refractivity contribution in [1.29, 1.82) is 0 Å². The molecular formula is C18H19NO2. The highest BCUT2D eigenvalue weighted by Gasteiger charge is 2.42. The molecule has 0 radical (unpaired) electrons. The van der Waals surface area contributed by atoms with Crippen molar-refractivity contribution in [3.8, 4) is 11.3 Å². The standard InChI is InChI=1S/C18H19NO2/c20-17(21)18(11-5-1-6-12-18)15-9-3-2-8-14(15)16-10-4-7-13-19-16/h2-4,7-10,13H,1,5-6,11-12H2,(H,20,21). The normalized spacial score (nSPS) is 17.3. The molecule has 1 heterocycles. The van der Waals surface area contributed by atoms with Crippen molar-refractivity contribution in [2.75, 3.05) is 0 Å². The molecule has 1 aromatic heterocycles. The summed E-state index contributed by atoms with van der Waals surface area (Å²) in [4.78, 5) is 16.4. The van der Waals surface area contributed by atoms with E-state index >= 15 is 0 Å². The Morgan fingerprint density at radius 2 is 1.71 bits per heavy atom. The summed E-state index contributed by atoms with van der Waals surface area (Å²) < 4.78 is 0. The average Bonchev–Trinajstić information content (AvgIpc) is 2.56. The fourth-order valence-corrected chi connectivity index (χ4v) is 3.40. The molecule has 1 saturated carbocycles. The molecule has 108 valence electrons. The van der Waals surface area contributed by atoms with Gasteiger partial charge in [-0.1, -0.05) is 49.6 Å². The molecule has 21 heavy (non-hydrogen) atoms. The van der Waals surface area contributed by atoms with E-state index in [9.17, 15) is 9.90 Å². The van der Waals surface area contributed by atoms with Crippen LogP contribution in [-0.4, -0.2) is 16.1 Å². The van der Waals surface area contributed by atoms with Crippen LogP contribution in [0.25, 0.3) is 11.3 Å². The largest absolute Gasteiger partial charge is 0.481 e. The number of benzene rings is 1. The molecule has 0 atom stereocenters. The molecule has 1 fully saturated rings. The van der Waals surface area contributed by atoms with Crippen LogP contribution in [-0.2, 0) is 10.2 Å². The summed E-state index contributed by atoms with van der Waals surface area (Å²) in [5.41, 5.74) is 1.95.